The van der Waals surface area contributed by atoms with Gasteiger partial charge in [-0.2, -0.15) is 13.6 Å². The average Bonchev–Trinajstić information content (AvgIpc) is 2.88. The van der Waals surface area contributed by atoms with Gasteiger partial charge < -0.3 is 9.29 Å². The number of Topliss-reactive ketones (excluding diaryl/α,β-unsaturated/α-hetero) is 1. The molecule has 2 fully saturated rings. The molecular formula is C19H25NO5S. The zero-order valence-electron chi connectivity index (χ0n) is 14.9. The molecule has 0 spiro atoms. The smallest absolute Gasteiger partial charge is 0.380 e. The van der Waals surface area contributed by atoms with Gasteiger partial charge in [-0.3, -0.25) is 4.79 Å². The Morgan fingerprint density at radius 1 is 1.27 bits per heavy atom. The van der Waals surface area contributed by atoms with Crippen LogP contribution in [-0.4, -0.2) is 19.3 Å². The monoisotopic (exact) mass is 379 g/mol. The predicted molar refractivity (Wildman–Crippen MR) is 95.7 cm³/mol. The van der Waals surface area contributed by atoms with Crippen molar-refractivity contribution in [3.8, 4) is 5.75 Å². The number of rotatable bonds is 3. The van der Waals surface area contributed by atoms with Crippen LogP contribution in [0.3, 0.4) is 0 Å². The number of fused-ring (bicyclic) bond motifs is 5. The second-order valence-corrected chi connectivity index (χ2v) is 9.38. The second-order valence-electron chi connectivity index (χ2n) is 8.23. The Morgan fingerprint density at radius 3 is 2.73 bits per heavy atom. The summed E-state index contributed by atoms with van der Waals surface area (Å²) in [5.74, 6) is 1.80. The maximum atomic E-state index is 12.4. The highest BCUT2D eigenvalue weighted by Crippen LogP contribution is 2.59. The van der Waals surface area contributed by atoms with Crippen molar-refractivity contribution >= 4 is 16.1 Å². The van der Waals surface area contributed by atoms with Gasteiger partial charge in [0.25, 0.3) is 0 Å². The number of nitrogens with two attached hydrogens (primary N) is 1. The number of carbonyl (C=O) groups excluding carboxylic acids is 1. The quantitative estimate of drug-likeness (QED) is 0.837. The van der Waals surface area contributed by atoms with Gasteiger partial charge in [-0.15, -0.1) is 0 Å². The van der Waals surface area contributed by atoms with Crippen LogP contribution >= 0.6 is 0 Å². The molecule has 1 aromatic carbocycles. The van der Waals surface area contributed by atoms with Crippen LogP contribution in [-0.2, 0) is 28.1 Å². The summed E-state index contributed by atoms with van der Waals surface area (Å²) in [6.45, 7) is 1.83. The number of aryl methyl sites for hydroxylation is 1. The number of benzene rings is 1. The van der Waals surface area contributed by atoms with Crippen LogP contribution < -0.4 is 9.32 Å². The molecule has 6 nitrogen and oxygen atoms in total. The number of hydrogen-bond donors (Lipinski definition) is 2. The fraction of sp³-hybridized carbons (Fsp3) is 0.632. The number of ketones is 1. The molecule has 0 heterocycles. The van der Waals surface area contributed by atoms with Gasteiger partial charge in [-0.25, -0.2) is 0 Å². The third-order valence-corrected chi connectivity index (χ3v) is 7.40. The highest BCUT2D eigenvalue weighted by Gasteiger charge is 2.54. The van der Waals surface area contributed by atoms with Crippen molar-refractivity contribution in [3.63, 3.8) is 0 Å². The van der Waals surface area contributed by atoms with Gasteiger partial charge >= 0.3 is 10.3 Å². The predicted octanol–water partition coefficient (Wildman–Crippen LogP) is 2.19. The van der Waals surface area contributed by atoms with Gasteiger partial charge in [0.1, 0.15) is 11.5 Å². The molecule has 1 aromatic rings. The maximum absolute atomic E-state index is 12.4. The minimum Gasteiger partial charge on any atom is -0.392 e. The van der Waals surface area contributed by atoms with Crippen LogP contribution in [0.25, 0.3) is 0 Å². The van der Waals surface area contributed by atoms with Crippen molar-refractivity contribution in [1.82, 2.24) is 0 Å². The van der Waals surface area contributed by atoms with E-state index >= 15 is 0 Å². The van der Waals surface area contributed by atoms with Crippen LogP contribution in [0.1, 0.15) is 61.6 Å². The van der Waals surface area contributed by atoms with Crippen LogP contribution in [0, 0.1) is 17.3 Å². The summed E-state index contributed by atoms with van der Waals surface area (Å²) in [6.07, 6.45) is 5.35. The first-order valence-corrected chi connectivity index (χ1v) is 10.7. The standard InChI is InChI=1S/C19H25NO5S/c1-19-7-6-13-14(16(19)4-5-18(19)22)3-2-11-9-17(25-26(20,23)24)12(10-21)8-15(11)13/h8-9,13-14,16,21H,2-7,10H2,1H3,(H2,20,23,24). The fourth-order valence-corrected chi connectivity index (χ4v) is 6.15. The molecule has 2 saturated carbocycles. The molecule has 3 aliphatic carbocycles. The Hall–Kier alpha value is -1.44. The Kier molecular flexibility index (Phi) is 4.17. The molecule has 4 unspecified atom stereocenters. The lowest BCUT2D eigenvalue weighted by molar-refractivity contribution is -0.129. The van der Waals surface area contributed by atoms with Crippen molar-refractivity contribution < 1.29 is 22.5 Å². The van der Waals surface area contributed by atoms with E-state index in [1.54, 1.807) is 6.07 Å². The molecule has 0 saturated heterocycles. The molecule has 7 heteroatoms. The molecule has 0 radical (unpaired) electrons. The van der Waals surface area contributed by atoms with Gasteiger partial charge in [-0.05, 0) is 73.1 Å². The van der Waals surface area contributed by atoms with Crippen LogP contribution in [0.15, 0.2) is 12.1 Å². The zero-order valence-corrected chi connectivity index (χ0v) is 15.7. The van der Waals surface area contributed by atoms with Crippen LogP contribution in [0.4, 0.5) is 0 Å². The molecule has 4 atom stereocenters. The lowest BCUT2D eigenvalue weighted by Crippen LogP contribution is -2.42. The van der Waals surface area contributed by atoms with Crippen molar-refractivity contribution in [1.29, 1.82) is 0 Å². The van der Waals surface area contributed by atoms with Crippen molar-refractivity contribution in [2.75, 3.05) is 0 Å². The van der Waals surface area contributed by atoms with E-state index in [0.717, 1.165) is 37.7 Å². The zero-order chi connectivity index (χ0) is 18.7. The Morgan fingerprint density at radius 2 is 2.04 bits per heavy atom. The largest absolute Gasteiger partial charge is 0.392 e. The molecular weight excluding hydrogens is 354 g/mol. The topological polar surface area (TPSA) is 107 Å². The van der Waals surface area contributed by atoms with Gasteiger partial charge in [0.05, 0.1) is 6.61 Å². The molecule has 142 valence electrons. The first kappa shape index (κ1) is 17.9. The highest BCUT2D eigenvalue weighted by molar-refractivity contribution is 7.84. The van der Waals surface area contributed by atoms with Crippen molar-refractivity contribution in [2.24, 2.45) is 22.4 Å². The second kappa shape index (κ2) is 6.04. The molecule has 3 N–H and O–H groups in total. The summed E-state index contributed by atoms with van der Waals surface area (Å²) in [5, 5.41) is 14.7. The SMILES string of the molecule is CC12CCC3c4cc(CO)c(OS(N)(=O)=O)cc4CCC3C1CCC2=O. The Labute approximate surface area is 154 Å². The molecule has 0 aromatic heterocycles. The van der Waals surface area contributed by atoms with E-state index in [-0.39, 0.29) is 17.8 Å². The fourth-order valence-electron chi connectivity index (χ4n) is 5.74. The molecule has 26 heavy (non-hydrogen) atoms. The first-order chi connectivity index (χ1) is 12.2. The van der Waals surface area contributed by atoms with E-state index in [9.17, 15) is 18.3 Å². The molecule has 0 amide bonds. The van der Waals surface area contributed by atoms with E-state index in [1.165, 1.54) is 5.56 Å². The Bertz CT molecular complexity index is 865. The molecule has 3 aliphatic rings. The average molecular weight is 379 g/mol. The number of carbonyl (C=O) groups is 1. The number of aliphatic hydroxyl groups is 1. The summed E-state index contributed by atoms with van der Waals surface area (Å²) >= 11 is 0. The third kappa shape index (κ3) is 2.77. The summed E-state index contributed by atoms with van der Waals surface area (Å²) in [7, 11) is -4.13. The van der Waals surface area contributed by atoms with Crippen LogP contribution in [0.5, 0.6) is 5.75 Å². The first-order valence-electron chi connectivity index (χ1n) is 9.25. The van der Waals surface area contributed by atoms with E-state index in [1.807, 2.05) is 6.07 Å². The summed E-state index contributed by atoms with van der Waals surface area (Å²) in [5.41, 5.74) is 2.51. The van der Waals surface area contributed by atoms with Gasteiger partial charge in [-0.1, -0.05) is 6.92 Å². The van der Waals surface area contributed by atoms with E-state index in [4.69, 9.17) is 9.32 Å². The summed E-state index contributed by atoms with van der Waals surface area (Å²) < 4.78 is 27.5. The summed E-state index contributed by atoms with van der Waals surface area (Å²) in [6, 6.07) is 3.60. The van der Waals surface area contributed by atoms with Crippen LogP contribution in [0.2, 0.25) is 0 Å². The van der Waals surface area contributed by atoms with E-state index < -0.39 is 10.3 Å². The minimum absolute atomic E-state index is 0.115. The van der Waals surface area contributed by atoms with Gasteiger partial charge in [0.2, 0.25) is 0 Å². The van der Waals surface area contributed by atoms with Gasteiger partial charge in [0, 0.05) is 17.4 Å². The lowest BCUT2D eigenvalue weighted by Gasteiger charge is -2.48. The van der Waals surface area contributed by atoms with E-state index in [2.05, 4.69) is 6.92 Å². The lowest BCUT2D eigenvalue weighted by atomic mass is 9.55. The van der Waals surface area contributed by atoms with Crippen molar-refractivity contribution in [2.45, 2.75) is 58.0 Å². The van der Waals surface area contributed by atoms with E-state index in [0.29, 0.717) is 35.5 Å². The third-order valence-electron chi connectivity index (χ3n) is 6.99. The summed E-state index contributed by atoms with van der Waals surface area (Å²) in [4.78, 5) is 12.4. The van der Waals surface area contributed by atoms with Gasteiger partial charge in [0.15, 0.2) is 0 Å². The molecule has 4 rings (SSSR count). The van der Waals surface area contributed by atoms with Crippen molar-refractivity contribution in [3.05, 3.63) is 28.8 Å². The Balaban J connectivity index is 1.72. The minimum atomic E-state index is -4.13. The number of hydrogen-bond acceptors (Lipinski definition) is 5. The maximum Gasteiger partial charge on any atom is 0.380 e. The molecule has 0 bridgehead atoms. The normalized spacial score (nSPS) is 33.3. The molecule has 0 aliphatic heterocycles. The highest BCUT2D eigenvalue weighted by atomic mass is 32.2. The number of aliphatic hydroxyl groups excluding tert-OH is 1.